The molecular weight excluding hydrogens is 222 g/mol. The minimum absolute atomic E-state index is 0.176. The molecule has 1 aromatic rings. The maximum atomic E-state index is 7.63. The molecular formula is C15H23N3. The fourth-order valence-electron chi connectivity index (χ4n) is 2.79. The second kappa shape index (κ2) is 6.01. The molecule has 1 heterocycles. The summed E-state index contributed by atoms with van der Waals surface area (Å²) in [4.78, 5) is 2.50. The third-order valence-corrected chi connectivity index (χ3v) is 3.88. The second-order valence-electron chi connectivity index (χ2n) is 5.22. The number of hydrogen-bond acceptors (Lipinski definition) is 2. The van der Waals surface area contributed by atoms with Crippen molar-refractivity contribution < 1.29 is 0 Å². The molecule has 0 amide bonds. The molecule has 18 heavy (non-hydrogen) atoms. The lowest BCUT2D eigenvalue weighted by Gasteiger charge is -2.32. The highest BCUT2D eigenvalue weighted by Gasteiger charge is 2.19. The lowest BCUT2D eigenvalue weighted by molar-refractivity contribution is 0.164. The number of rotatable bonds is 4. The second-order valence-corrected chi connectivity index (χ2v) is 5.22. The van der Waals surface area contributed by atoms with Gasteiger partial charge < -0.3 is 5.73 Å². The molecule has 1 unspecified atom stereocenters. The predicted octanol–water partition coefficient (Wildman–Crippen LogP) is 2.59. The molecule has 0 spiro atoms. The van der Waals surface area contributed by atoms with Gasteiger partial charge in [-0.25, -0.2) is 0 Å². The molecule has 3 N–H and O–H groups in total. The van der Waals surface area contributed by atoms with E-state index in [-0.39, 0.29) is 5.84 Å². The number of amidine groups is 1. The molecule has 0 saturated carbocycles. The molecule has 0 bridgehead atoms. The van der Waals surface area contributed by atoms with Gasteiger partial charge in [0.1, 0.15) is 5.84 Å². The summed E-state index contributed by atoms with van der Waals surface area (Å²) < 4.78 is 0. The van der Waals surface area contributed by atoms with Crippen LogP contribution in [-0.2, 0) is 6.54 Å². The lowest BCUT2D eigenvalue weighted by Crippen LogP contribution is -2.35. The summed E-state index contributed by atoms with van der Waals surface area (Å²) in [6.45, 7) is 5.55. The van der Waals surface area contributed by atoms with Crippen LogP contribution in [0.5, 0.6) is 0 Å². The molecule has 0 aliphatic carbocycles. The molecule has 1 saturated heterocycles. The Kier molecular flexibility index (Phi) is 4.37. The first-order valence-corrected chi connectivity index (χ1v) is 6.85. The van der Waals surface area contributed by atoms with Crippen LogP contribution in [0.15, 0.2) is 24.3 Å². The average Bonchev–Trinajstić information content (AvgIpc) is 2.39. The van der Waals surface area contributed by atoms with Gasteiger partial charge in [0.05, 0.1) is 0 Å². The van der Waals surface area contributed by atoms with Crippen LogP contribution >= 0.6 is 0 Å². The summed E-state index contributed by atoms with van der Waals surface area (Å²) in [5.74, 6) is 1.01. The fourth-order valence-corrected chi connectivity index (χ4v) is 2.79. The smallest absolute Gasteiger partial charge is 0.123 e. The first-order valence-electron chi connectivity index (χ1n) is 6.85. The molecule has 3 nitrogen and oxygen atoms in total. The van der Waals surface area contributed by atoms with Gasteiger partial charge in [0.15, 0.2) is 0 Å². The number of nitrogens with two attached hydrogens (primary N) is 1. The highest BCUT2D eigenvalue weighted by molar-refractivity contribution is 5.96. The van der Waals surface area contributed by atoms with Crippen molar-refractivity contribution in [2.24, 2.45) is 11.7 Å². The van der Waals surface area contributed by atoms with Crippen LogP contribution in [0.25, 0.3) is 0 Å². The number of nitrogen functional groups attached to an aromatic ring is 1. The Morgan fingerprint density at radius 3 is 2.94 bits per heavy atom. The third kappa shape index (κ3) is 3.10. The van der Waals surface area contributed by atoms with Gasteiger partial charge in [0.25, 0.3) is 0 Å². The normalized spacial score (nSPS) is 20.8. The van der Waals surface area contributed by atoms with Gasteiger partial charge in [-0.2, -0.15) is 0 Å². The molecule has 0 aromatic heterocycles. The first kappa shape index (κ1) is 13.1. The van der Waals surface area contributed by atoms with E-state index in [2.05, 4.69) is 17.9 Å². The van der Waals surface area contributed by atoms with Gasteiger partial charge in [-0.1, -0.05) is 37.6 Å². The maximum Gasteiger partial charge on any atom is 0.123 e. The fraction of sp³-hybridized carbons (Fsp3) is 0.533. The molecule has 1 aliphatic heterocycles. The van der Waals surface area contributed by atoms with E-state index >= 15 is 0 Å². The number of nitrogens with zero attached hydrogens (tertiary/aromatic N) is 1. The quantitative estimate of drug-likeness (QED) is 0.633. The standard InChI is InChI=1S/C15H23N3/c1-2-12-6-5-9-18(10-12)11-13-7-3-4-8-14(13)15(16)17/h3-4,7-8,12H,2,5-6,9-11H2,1H3,(H3,16,17). The molecule has 0 radical (unpaired) electrons. The molecule has 1 aromatic carbocycles. The van der Waals surface area contributed by atoms with Gasteiger partial charge in [-0.15, -0.1) is 0 Å². The van der Waals surface area contributed by atoms with Crippen LogP contribution in [0.4, 0.5) is 0 Å². The van der Waals surface area contributed by atoms with E-state index in [1.54, 1.807) is 0 Å². The van der Waals surface area contributed by atoms with Crippen LogP contribution in [-0.4, -0.2) is 23.8 Å². The van der Waals surface area contributed by atoms with Gasteiger partial charge in [0, 0.05) is 18.7 Å². The summed E-state index contributed by atoms with van der Waals surface area (Å²) in [5, 5.41) is 7.63. The predicted molar refractivity (Wildman–Crippen MR) is 75.8 cm³/mol. The van der Waals surface area contributed by atoms with Crippen molar-refractivity contribution in [1.29, 1.82) is 5.41 Å². The number of hydrogen-bond donors (Lipinski definition) is 2. The van der Waals surface area contributed by atoms with Crippen molar-refractivity contribution >= 4 is 5.84 Å². The largest absolute Gasteiger partial charge is 0.384 e. The topological polar surface area (TPSA) is 53.1 Å². The highest BCUT2D eigenvalue weighted by atomic mass is 15.1. The Morgan fingerprint density at radius 1 is 1.44 bits per heavy atom. The summed E-state index contributed by atoms with van der Waals surface area (Å²) in [5.41, 5.74) is 7.71. The Morgan fingerprint density at radius 2 is 2.22 bits per heavy atom. The van der Waals surface area contributed by atoms with Crippen molar-refractivity contribution in [3.63, 3.8) is 0 Å². The van der Waals surface area contributed by atoms with Gasteiger partial charge in [-0.05, 0) is 30.9 Å². The zero-order valence-electron chi connectivity index (χ0n) is 11.2. The van der Waals surface area contributed by atoms with Crippen molar-refractivity contribution in [3.05, 3.63) is 35.4 Å². The highest BCUT2D eigenvalue weighted by Crippen LogP contribution is 2.21. The molecule has 1 aliphatic rings. The van der Waals surface area contributed by atoms with Gasteiger partial charge >= 0.3 is 0 Å². The van der Waals surface area contributed by atoms with E-state index in [0.29, 0.717) is 0 Å². The Labute approximate surface area is 109 Å². The van der Waals surface area contributed by atoms with Crippen LogP contribution in [0.2, 0.25) is 0 Å². The molecule has 98 valence electrons. The minimum atomic E-state index is 0.176. The van der Waals surface area contributed by atoms with E-state index in [4.69, 9.17) is 11.1 Å². The van der Waals surface area contributed by atoms with Crippen LogP contribution < -0.4 is 5.73 Å². The van der Waals surface area contributed by atoms with E-state index in [0.717, 1.165) is 18.0 Å². The lowest BCUT2D eigenvalue weighted by atomic mass is 9.95. The Bertz CT molecular complexity index is 414. The van der Waals surface area contributed by atoms with E-state index < -0.39 is 0 Å². The Balaban J connectivity index is 2.07. The number of piperidine rings is 1. The van der Waals surface area contributed by atoms with Crippen LogP contribution in [0.1, 0.15) is 37.3 Å². The minimum Gasteiger partial charge on any atom is -0.384 e. The molecule has 2 rings (SSSR count). The summed E-state index contributed by atoms with van der Waals surface area (Å²) in [6.07, 6.45) is 3.92. The summed E-state index contributed by atoms with van der Waals surface area (Å²) in [6, 6.07) is 8.01. The average molecular weight is 245 g/mol. The van der Waals surface area contributed by atoms with Crippen molar-refractivity contribution in [1.82, 2.24) is 4.90 Å². The molecule has 1 fully saturated rings. The third-order valence-electron chi connectivity index (χ3n) is 3.88. The van der Waals surface area contributed by atoms with E-state index in [1.807, 2.05) is 18.2 Å². The van der Waals surface area contributed by atoms with E-state index in [1.165, 1.54) is 37.9 Å². The van der Waals surface area contributed by atoms with Crippen LogP contribution in [0.3, 0.4) is 0 Å². The summed E-state index contributed by atoms with van der Waals surface area (Å²) >= 11 is 0. The maximum absolute atomic E-state index is 7.63. The van der Waals surface area contributed by atoms with Crippen molar-refractivity contribution in [2.75, 3.05) is 13.1 Å². The zero-order valence-corrected chi connectivity index (χ0v) is 11.2. The monoisotopic (exact) mass is 245 g/mol. The Hall–Kier alpha value is -1.35. The van der Waals surface area contributed by atoms with Crippen molar-refractivity contribution in [2.45, 2.75) is 32.7 Å². The number of nitrogens with one attached hydrogen (secondary N) is 1. The molecule has 3 heteroatoms. The van der Waals surface area contributed by atoms with Crippen LogP contribution in [0, 0.1) is 11.3 Å². The zero-order chi connectivity index (χ0) is 13.0. The molecule has 1 atom stereocenters. The van der Waals surface area contributed by atoms with Crippen molar-refractivity contribution in [3.8, 4) is 0 Å². The SMILES string of the molecule is CCC1CCCN(Cc2ccccc2C(=N)N)C1. The number of benzene rings is 1. The number of likely N-dealkylation sites (tertiary alicyclic amines) is 1. The van der Waals surface area contributed by atoms with Gasteiger partial charge in [0.2, 0.25) is 0 Å². The van der Waals surface area contributed by atoms with E-state index in [9.17, 15) is 0 Å². The van der Waals surface area contributed by atoms with Gasteiger partial charge in [-0.3, -0.25) is 10.3 Å². The first-order chi connectivity index (χ1) is 8.70. The summed E-state index contributed by atoms with van der Waals surface area (Å²) in [7, 11) is 0.